The van der Waals surface area contributed by atoms with Crippen LogP contribution in [-0.4, -0.2) is 31.1 Å². The molecule has 0 aromatic rings. The van der Waals surface area contributed by atoms with Gasteiger partial charge in [0.1, 0.15) is 0 Å². The predicted molar refractivity (Wildman–Crippen MR) is 71.4 cm³/mol. The van der Waals surface area contributed by atoms with Gasteiger partial charge in [0.25, 0.3) is 0 Å². The lowest BCUT2D eigenvalue weighted by molar-refractivity contribution is -0.164. The van der Waals surface area contributed by atoms with E-state index in [1.807, 2.05) is 6.08 Å². The minimum Gasteiger partial charge on any atom is -0.465 e. The number of carbonyl (C=O) groups excluding carboxylic acids is 3. The van der Waals surface area contributed by atoms with Crippen LogP contribution in [0.2, 0.25) is 0 Å². The van der Waals surface area contributed by atoms with Crippen LogP contribution >= 0.6 is 0 Å². The minimum atomic E-state index is -1.56. The van der Waals surface area contributed by atoms with Crippen LogP contribution in [-0.2, 0) is 23.9 Å². The van der Waals surface area contributed by atoms with Gasteiger partial charge >= 0.3 is 11.9 Å². The van der Waals surface area contributed by atoms with Gasteiger partial charge in [-0.2, -0.15) is 0 Å². The largest absolute Gasteiger partial charge is 0.465 e. The number of rotatable bonds is 6. The molecule has 0 heterocycles. The first kappa shape index (κ1) is 16.2. The topological polar surface area (TPSA) is 81.7 Å². The Kier molecular flexibility index (Phi) is 6.76. The zero-order valence-corrected chi connectivity index (χ0v) is 11.9. The Balaban J connectivity index is 2.75. The van der Waals surface area contributed by atoms with Crippen LogP contribution in [0, 0.1) is 5.92 Å². The SMILES string of the molecule is CCOC(=O)C(C(=O)NC1=CCCCC1)C(=O)OCC. The molecule has 1 aliphatic rings. The highest BCUT2D eigenvalue weighted by Crippen LogP contribution is 2.16. The number of hydrogen-bond donors (Lipinski definition) is 1. The first-order valence-corrected chi connectivity index (χ1v) is 6.93. The lowest BCUT2D eigenvalue weighted by atomic mass is 10.0. The summed E-state index contributed by atoms with van der Waals surface area (Å²) >= 11 is 0. The van der Waals surface area contributed by atoms with Crippen molar-refractivity contribution in [3.63, 3.8) is 0 Å². The molecule has 0 aromatic carbocycles. The van der Waals surface area contributed by atoms with Crippen LogP contribution in [0.5, 0.6) is 0 Å². The fourth-order valence-corrected chi connectivity index (χ4v) is 1.94. The van der Waals surface area contributed by atoms with E-state index < -0.39 is 23.8 Å². The molecule has 0 atom stereocenters. The Hall–Kier alpha value is -1.85. The molecule has 0 spiro atoms. The minimum absolute atomic E-state index is 0.102. The maximum absolute atomic E-state index is 12.1. The Labute approximate surface area is 118 Å². The molecule has 1 aliphatic carbocycles. The van der Waals surface area contributed by atoms with E-state index in [0.717, 1.165) is 31.4 Å². The molecule has 0 aromatic heterocycles. The molecule has 0 unspecified atom stereocenters. The van der Waals surface area contributed by atoms with Gasteiger partial charge in [-0.05, 0) is 39.5 Å². The summed E-state index contributed by atoms with van der Waals surface area (Å²) in [6.45, 7) is 3.43. The van der Waals surface area contributed by atoms with Crippen molar-refractivity contribution in [2.75, 3.05) is 13.2 Å². The summed E-state index contributed by atoms with van der Waals surface area (Å²) in [6.07, 6.45) is 5.60. The van der Waals surface area contributed by atoms with E-state index in [1.54, 1.807) is 13.8 Å². The van der Waals surface area contributed by atoms with Gasteiger partial charge in [0.15, 0.2) is 0 Å². The highest BCUT2D eigenvalue weighted by atomic mass is 16.6. The number of carbonyl (C=O) groups is 3. The molecule has 1 rings (SSSR count). The average Bonchev–Trinajstić information content (AvgIpc) is 2.40. The zero-order chi connectivity index (χ0) is 15.0. The average molecular weight is 283 g/mol. The Morgan fingerprint density at radius 3 is 2.20 bits per heavy atom. The molecule has 6 nitrogen and oxygen atoms in total. The van der Waals surface area contributed by atoms with E-state index in [-0.39, 0.29) is 13.2 Å². The van der Waals surface area contributed by atoms with Gasteiger partial charge in [0.2, 0.25) is 11.8 Å². The van der Waals surface area contributed by atoms with Crippen molar-refractivity contribution >= 4 is 17.8 Å². The maximum atomic E-state index is 12.1. The van der Waals surface area contributed by atoms with Crippen molar-refractivity contribution in [3.8, 4) is 0 Å². The van der Waals surface area contributed by atoms with Crippen molar-refractivity contribution in [2.24, 2.45) is 5.92 Å². The fraction of sp³-hybridized carbons (Fsp3) is 0.643. The number of nitrogens with one attached hydrogen (secondary N) is 1. The summed E-state index contributed by atoms with van der Waals surface area (Å²) < 4.78 is 9.52. The standard InChI is InChI=1S/C14H21NO5/c1-3-19-13(17)11(14(18)20-4-2)12(16)15-10-8-6-5-7-9-10/h8,11H,3-7,9H2,1-2H3,(H,15,16). The number of allylic oxidation sites excluding steroid dienone is 2. The Bertz CT molecular complexity index is 384. The molecule has 1 N–H and O–H groups in total. The van der Waals surface area contributed by atoms with E-state index in [2.05, 4.69) is 5.32 Å². The maximum Gasteiger partial charge on any atom is 0.330 e. The summed E-state index contributed by atoms with van der Waals surface area (Å²) in [5, 5.41) is 2.62. The lowest BCUT2D eigenvalue weighted by Crippen LogP contribution is -2.42. The van der Waals surface area contributed by atoms with Crippen LogP contribution < -0.4 is 5.32 Å². The third-order valence-electron chi connectivity index (χ3n) is 2.88. The molecule has 0 fully saturated rings. The van der Waals surface area contributed by atoms with E-state index >= 15 is 0 Å². The van der Waals surface area contributed by atoms with Gasteiger partial charge in [0, 0.05) is 5.70 Å². The molecule has 6 heteroatoms. The van der Waals surface area contributed by atoms with Gasteiger partial charge in [-0.15, -0.1) is 0 Å². The molecule has 20 heavy (non-hydrogen) atoms. The number of esters is 2. The van der Waals surface area contributed by atoms with Crippen molar-refractivity contribution in [1.29, 1.82) is 0 Å². The second kappa shape index (κ2) is 8.35. The van der Waals surface area contributed by atoms with Crippen LogP contribution in [0.15, 0.2) is 11.8 Å². The van der Waals surface area contributed by atoms with Crippen LogP contribution in [0.4, 0.5) is 0 Å². The van der Waals surface area contributed by atoms with Gasteiger partial charge in [-0.25, -0.2) is 0 Å². The normalized spacial score (nSPS) is 14.4. The van der Waals surface area contributed by atoms with Crippen molar-refractivity contribution in [1.82, 2.24) is 5.32 Å². The predicted octanol–water partition coefficient (Wildman–Crippen LogP) is 1.30. The summed E-state index contributed by atoms with van der Waals surface area (Å²) in [4.78, 5) is 35.6. The molecule has 112 valence electrons. The molecule has 0 aliphatic heterocycles. The van der Waals surface area contributed by atoms with Crippen LogP contribution in [0.1, 0.15) is 39.5 Å². The van der Waals surface area contributed by atoms with Gasteiger partial charge in [-0.1, -0.05) is 6.08 Å². The van der Waals surface area contributed by atoms with Gasteiger partial charge < -0.3 is 14.8 Å². The number of ether oxygens (including phenoxy) is 2. The van der Waals surface area contributed by atoms with Crippen molar-refractivity contribution in [2.45, 2.75) is 39.5 Å². The highest BCUT2D eigenvalue weighted by molar-refractivity contribution is 6.14. The number of amides is 1. The molecule has 0 saturated carbocycles. The van der Waals surface area contributed by atoms with Crippen LogP contribution in [0.3, 0.4) is 0 Å². The molecule has 1 amide bonds. The number of hydrogen-bond acceptors (Lipinski definition) is 5. The first-order chi connectivity index (χ1) is 9.60. The van der Waals surface area contributed by atoms with Crippen molar-refractivity contribution in [3.05, 3.63) is 11.8 Å². The third kappa shape index (κ3) is 4.68. The zero-order valence-electron chi connectivity index (χ0n) is 11.9. The fourth-order valence-electron chi connectivity index (χ4n) is 1.94. The van der Waals surface area contributed by atoms with Gasteiger partial charge in [0.05, 0.1) is 13.2 Å². The van der Waals surface area contributed by atoms with E-state index in [0.29, 0.717) is 0 Å². The summed E-state index contributed by atoms with van der Waals surface area (Å²) in [5.41, 5.74) is 0.750. The molecular formula is C14H21NO5. The van der Waals surface area contributed by atoms with Crippen molar-refractivity contribution < 1.29 is 23.9 Å². The van der Waals surface area contributed by atoms with E-state index in [9.17, 15) is 14.4 Å². The highest BCUT2D eigenvalue weighted by Gasteiger charge is 2.37. The summed E-state index contributed by atoms with van der Waals surface area (Å²) in [7, 11) is 0. The molecule has 0 radical (unpaired) electrons. The first-order valence-electron chi connectivity index (χ1n) is 6.93. The second-order valence-corrected chi connectivity index (χ2v) is 4.40. The molecular weight excluding hydrogens is 262 g/mol. The van der Waals surface area contributed by atoms with E-state index in [4.69, 9.17) is 9.47 Å². The monoisotopic (exact) mass is 283 g/mol. The molecule has 0 bridgehead atoms. The van der Waals surface area contributed by atoms with Crippen LogP contribution in [0.25, 0.3) is 0 Å². The van der Waals surface area contributed by atoms with E-state index in [1.165, 1.54) is 0 Å². The summed E-state index contributed by atoms with van der Waals surface area (Å²) in [6, 6.07) is 0. The second-order valence-electron chi connectivity index (χ2n) is 4.40. The third-order valence-corrected chi connectivity index (χ3v) is 2.88. The smallest absolute Gasteiger partial charge is 0.330 e. The Morgan fingerprint density at radius 1 is 1.15 bits per heavy atom. The lowest BCUT2D eigenvalue weighted by Gasteiger charge is -2.17. The summed E-state index contributed by atoms with van der Waals surface area (Å²) in [5.74, 6) is -3.99. The Morgan fingerprint density at radius 2 is 1.75 bits per heavy atom. The quantitative estimate of drug-likeness (QED) is 0.587. The van der Waals surface area contributed by atoms with Gasteiger partial charge in [-0.3, -0.25) is 14.4 Å². The molecule has 0 saturated heterocycles.